The zero-order valence-corrected chi connectivity index (χ0v) is 32.3. The molecule has 8 aromatic rings. The lowest BCUT2D eigenvalue weighted by molar-refractivity contribution is 0.111. The van der Waals surface area contributed by atoms with Crippen molar-refractivity contribution in [2.75, 3.05) is 0 Å². The average molecular weight is 750 g/mol. The van der Waals surface area contributed by atoms with Gasteiger partial charge in [-0.05, 0) is 86.0 Å². The van der Waals surface area contributed by atoms with Gasteiger partial charge in [0, 0.05) is 11.1 Å². The molecule has 0 N–H and O–H groups in total. The number of nitriles is 2. The maximum atomic E-state index is 11.3. The molecular weight excluding hydrogens is 717 g/mol. The van der Waals surface area contributed by atoms with E-state index in [4.69, 9.17) is 0 Å². The van der Waals surface area contributed by atoms with E-state index >= 15 is 0 Å². The zero-order chi connectivity index (χ0) is 40.5. The third-order valence-corrected chi connectivity index (χ3v) is 11.7. The highest BCUT2D eigenvalue weighted by Crippen LogP contribution is 2.29. The van der Waals surface area contributed by atoms with Crippen molar-refractivity contribution in [2.45, 2.75) is 0 Å². The zero-order valence-electron chi connectivity index (χ0n) is 32.3. The van der Waals surface area contributed by atoms with Crippen LogP contribution in [0.4, 0.5) is 0 Å². The molecule has 1 aliphatic heterocycles. The normalized spacial score (nSPS) is 11.0. The van der Waals surface area contributed by atoms with E-state index in [1.165, 1.54) is 38.4 Å². The summed E-state index contributed by atoms with van der Waals surface area (Å²) in [7, 11) is 3.02. The number of rotatable bonds is 9. The van der Waals surface area contributed by atoms with Crippen LogP contribution in [0, 0.1) is 22.7 Å². The second-order valence-electron chi connectivity index (χ2n) is 15.1. The van der Waals surface area contributed by atoms with Crippen LogP contribution in [0.2, 0.25) is 0 Å². The van der Waals surface area contributed by atoms with E-state index in [-0.39, 0.29) is 6.71 Å². The number of fused-ring (bicyclic) bond motifs is 3. The molecule has 0 atom stereocenters. The number of hydrogen-bond donors (Lipinski definition) is 0. The lowest BCUT2D eigenvalue weighted by Gasteiger charge is -2.23. The molecule has 9 rings (SSSR count). The van der Waals surface area contributed by atoms with Crippen LogP contribution in [0.15, 0.2) is 170 Å². The van der Waals surface area contributed by atoms with E-state index in [2.05, 4.69) is 123 Å². The largest absolute Gasteiger partial charge is 0.298 e. The van der Waals surface area contributed by atoms with Gasteiger partial charge in [-0.1, -0.05) is 172 Å². The molecule has 0 saturated carbocycles. The Morgan fingerprint density at radius 1 is 0.475 bits per heavy atom. The first-order valence-electron chi connectivity index (χ1n) is 19.6. The van der Waals surface area contributed by atoms with Gasteiger partial charge in [0.25, 0.3) is 0 Å². The molecule has 0 aliphatic carbocycles. The van der Waals surface area contributed by atoms with Crippen molar-refractivity contribution >= 4 is 67.2 Å². The molecule has 0 spiro atoms. The first-order chi connectivity index (χ1) is 28.9. The second kappa shape index (κ2) is 15.7. The van der Waals surface area contributed by atoms with Gasteiger partial charge < -0.3 is 0 Å². The van der Waals surface area contributed by atoms with Crippen molar-refractivity contribution in [3.05, 3.63) is 192 Å². The molecule has 8 aromatic carbocycles. The van der Waals surface area contributed by atoms with E-state index in [9.17, 15) is 20.1 Å². The molecule has 1 aliphatic rings. The van der Waals surface area contributed by atoms with Crippen molar-refractivity contribution in [1.82, 2.24) is 0 Å². The molecule has 7 heteroatoms. The maximum absolute atomic E-state index is 11.3. The van der Waals surface area contributed by atoms with E-state index < -0.39 is 0 Å². The summed E-state index contributed by atoms with van der Waals surface area (Å²) in [5.74, 6) is 0. The van der Waals surface area contributed by atoms with Crippen LogP contribution in [0.1, 0.15) is 31.8 Å². The Morgan fingerprint density at radius 2 is 1.00 bits per heavy atom. The fraction of sp³-hybridized carbons (Fsp3) is 0. The van der Waals surface area contributed by atoms with Crippen molar-refractivity contribution < 1.29 is 9.59 Å². The summed E-state index contributed by atoms with van der Waals surface area (Å²) in [5.41, 5.74) is 20.3. The quantitative estimate of drug-likeness (QED) is 0.137. The summed E-state index contributed by atoms with van der Waals surface area (Å²) in [5, 5.41) is 19.3. The number of nitrogens with zero attached hydrogens (tertiary/aromatic N) is 2. The summed E-state index contributed by atoms with van der Waals surface area (Å²) in [4.78, 5) is 22.7. The molecule has 0 saturated heterocycles. The van der Waals surface area contributed by atoms with E-state index in [1.54, 1.807) is 6.07 Å². The molecule has 0 fully saturated rings. The highest BCUT2D eigenvalue weighted by atomic mass is 16.1. The smallest absolute Gasteiger partial charge is 0.239 e. The topological polar surface area (TPSA) is 81.7 Å². The SMILES string of the molecule is Bc1c(B(c2ccc(-c3cc(C#N)cc(C#N)c3)cc2)c2cccc3c2Bc2ccc(-c4ccc(C=O)cc4)cc2-3)cccc1-c1cccc(-c2ccc(C=O)cc2)c1. The summed E-state index contributed by atoms with van der Waals surface area (Å²) in [6, 6.07) is 62.2. The number of aldehydes is 2. The first-order valence-corrected chi connectivity index (χ1v) is 19.6. The monoisotopic (exact) mass is 750 g/mol. The summed E-state index contributed by atoms with van der Waals surface area (Å²) < 4.78 is 0. The van der Waals surface area contributed by atoms with Crippen molar-refractivity contribution in [2.24, 2.45) is 0 Å². The van der Waals surface area contributed by atoms with Crippen LogP contribution in [0.25, 0.3) is 55.6 Å². The Morgan fingerprint density at radius 3 is 1.63 bits per heavy atom. The van der Waals surface area contributed by atoms with Gasteiger partial charge in [0.2, 0.25) is 6.71 Å². The predicted molar refractivity (Wildman–Crippen MR) is 246 cm³/mol. The number of carbonyl (C=O) groups excluding carboxylic acids is 2. The Kier molecular flexibility index (Phi) is 9.79. The predicted octanol–water partition coefficient (Wildman–Crippen LogP) is 5.87. The molecule has 1 heterocycles. The summed E-state index contributed by atoms with van der Waals surface area (Å²) >= 11 is 0. The van der Waals surface area contributed by atoms with Crippen LogP contribution in [-0.4, -0.2) is 34.4 Å². The first kappa shape index (κ1) is 36.9. The highest BCUT2D eigenvalue weighted by Gasteiger charge is 2.31. The average Bonchev–Trinajstić information content (AvgIpc) is 3.68. The minimum Gasteiger partial charge on any atom is -0.298 e. The Balaban J connectivity index is 1.17. The molecule has 0 radical (unpaired) electrons. The number of hydrogen-bond acceptors (Lipinski definition) is 4. The Hall–Kier alpha value is -7.73. The van der Waals surface area contributed by atoms with Gasteiger partial charge in [0.15, 0.2) is 7.28 Å². The third-order valence-electron chi connectivity index (χ3n) is 11.7. The minimum atomic E-state index is -0.109. The van der Waals surface area contributed by atoms with Crippen molar-refractivity contribution in [1.29, 1.82) is 10.5 Å². The van der Waals surface area contributed by atoms with Crippen molar-refractivity contribution in [3.63, 3.8) is 0 Å². The van der Waals surface area contributed by atoms with Gasteiger partial charge in [-0.15, -0.1) is 0 Å². The van der Waals surface area contributed by atoms with Crippen LogP contribution in [0.5, 0.6) is 0 Å². The van der Waals surface area contributed by atoms with E-state index in [0.717, 1.165) is 69.8 Å². The van der Waals surface area contributed by atoms with Gasteiger partial charge in [-0.25, -0.2) is 0 Å². The molecule has 0 amide bonds. The third kappa shape index (κ3) is 7.01. The van der Waals surface area contributed by atoms with E-state index in [0.29, 0.717) is 22.3 Å². The maximum Gasteiger partial charge on any atom is 0.239 e. The fourth-order valence-corrected chi connectivity index (χ4v) is 8.65. The van der Waals surface area contributed by atoms with Gasteiger partial charge in [0.05, 0.1) is 23.3 Å². The van der Waals surface area contributed by atoms with Crippen LogP contribution >= 0.6 is 0 Å². The van der Waals surface area contributed by atoms with Gasteiger partial charge in [-0.2, -0.15) is 10.5 Å². The van der Waals surface area contributed by atoms with Gasteiger partial charge in [-0.3, -0.25) is 9.59 Å². The molecule has 272 valence electrons. The summed E-state index contributed by atoms with van der Waals surface area (Å²) in [6.07, 6.45) is 1.74. The molecular formula is C52H33B3N2O2. The van der Waals surface area contributed by atoms with Crippen LogP contribution < -0.4 is 32.8 Å². The Labute approximate surface area is 345 Å². The summed E-state index contributed by atoms with van der Waals surface area (Å²) in [6.45, 7) is -0.109. The number of benzene rings is 8. The van der Waals surface area contributed by atoms with Crippen LogP contribution in [-0.2, 0) is 0 Å². The molecule has 59 heavy (non-hydrogen) atoms. The van der Waals surface area contributed by atoms with E-state index in [1.807, 2.05) is 60.7 Å². The highest BCUT2D eigenvalue weighted by molar-refractivity contribution is 7.00. The molecule has 4 nitrogen and oxygen atoms in total. The second-order valence-corrected chi connectivity index (χ2v) is 15.1. The lowest BCUT2D eigenvalue weighted by atomic mass is 9.33. The number of carbonyl (C=O) groups is 2. The lowest BCUT2D eigenvalue weighted by Crippen LogP contribution is -2.61. The minimum absolute atomic E-state index is 0.109. The molecule has 0 unspecified atom stereocenters. The van der Waals surface area contributed by atoms with Gasteiger partial charge in [0.1, 0.15) is 20.4 Å². The molecule has 0 bridgehead atoms. The molecule has 0 aromatic heterocycles. The standard InChI is InChI=1S/C52H33B3N2O2/c53-51-45(42-5-1-4-40(27-42)37-14-10-33(31-58)11-15-37)6-2-8-49(51)55(44-21-18-39(19-22-44)43-25-35(29-56)24-36(26-43)30-57)50-9-3-7-46-47-28-41(20-23-48(47)54-52(46)50)38-16-12-34(32-59)13-17-38/h1-28,31-32,54H,53H2. The van der Waals surface area contributed by atoms with Crippen LogP contribution in [0.3, 0.4) is 0 Å². The Bertz CT molecular complexity index is 3000. The fourth-order valence-electron chi connectivity index (χ4n) is 8.65. The van der Waals surface area contributed by atoms with Gasteiger partial charge >= 0.3 is 0 Å². The van der Waals surface area contributed by atoms with Crippen molar-refractivity contribution in [3.8, 4) is 67.8 Å².